The van der Waals surface area contributed by atoms with Crippen LogP contribution in [0.3, 0.4) is 0 Å². The van der Waals surface area contributed by atoms with E-state index in [4.69, 9.17) is 5.73 Å². The predicted molar refractivity (Wildman–Crippen MR) is 88.2 cm³/mol. The van der Waals surface area contributed by atoms with Crippen LogP contribution in [0.1, 0.15) is 56.4 Å². The Morgan fingerprint density at radius 2 is 1.50 bits per heavy atom. The molecule has 1 heterocycles. The van der Waals surface area contributed by atoms with Gasteiger partial charge in [0.2, 0.25) is 10.0 Å². The Bertz CT molecular complexity index is 584. The van der Waals surface area contributed by atoms with Crippen LogP contribution in [0.5, 0.6) is 0 Å². The molecule has 2 N–H and O–H groups in total. The Morgan fingerprint density at radius 3 is 2.09 bits per heavy atom. The predicted octanol–water partition coefficient (Wildman–Crippen LogP) is 2.85. The smallest absolute Gasteiger partial charge is 0.243 e. The van der Waals surface area contributed by atoms with Crippen LogP contribution in [0.4, 0.5) is 0 Å². The van der Waals surface area contributed by atoms with E-state index in [-0.39, 0.29) is 6.04 Å². The second kappa shape index (κ2) is 6.69. The van der Waals surface area contributed by atoms with Crippen LogP contribution in [0.25, 0.3) is 0 Å². The van der Waals surface area contributed by atoms with E-state index in [1.807, 2.05) is 12.1 Å². The van der Waals surface area contributed by atoms with E-state index >= 15 is 0 Å². The van der Waals surface area contributed by atoms with Gasteiger partial charge in [-0.3, -0.25) is 0 Å². The molecule has 2 fully saturated rings. The number of piperidine rings is 1. The number of hydrogen-bond acceptors (Lipinski definition) is 3. The highest BCUT2D eigenvalue weighted by Gasteiger charge is 2.28. The summed E-state index contributed by atoms with van der Waals surface area (Å²) >= 11 is 0. The van der Waals surface area contributed by atoms with Gasteiger partial charge in [-0.25, -0.2) is 8.42 Å². The third-order valence-corrected chi connectivity index (χ3v) is 7.01. The molecule has 4 nitrogen and oxygen atoms in total. The average molecular weight is 322 g/mol. The van der Waals surface area contributed by atoms with Crippen molar-refractivity contribution in [2.45, 2.75) is 61.8 Å². The molecule has 5 heteroatoms. The second-order valence-corrected chi connectivity index (χ2v) is 8.58. The van der Waals surface area contributed by atoms with Crippen molar-refractivity contribution in [2.75, 3.05) is 13.1 Å². The van der Waals surface area contributed by atoms with E-state index in [1.54, 1.807) is 16.4 Å². The van der Waals surface area contributed by atoms with Gasteiger partial charge < -0.3 is 5.73 Å². The number of nitrogens with zero attached hydrogens (tertiary/aromatic N) is 1. The molecule has 0 atom stereocenters. The second-order valence-electron chi connectivity index (χ2n) is 6.65. The summed E-state index contributed by atoms with van der Waals surface area (Å²) in [5.74, 6) is 0.610. The summed E-state index contributed by atoms with van der Waals surface area (Å²) in [6.07, 6.45) is 7.88. The number of hydrogen-bond donors (Lipinski definition) is 1. The molecule has 3 rings (SSSR count). The molecule has 2 aliphatic rings. The molecule has 122 valence electrons. The Labute approximate surface area is 133 Å². The average Bonchev–Trinajstić information content (AvgIpc) is 2.56. The summed E-state index contributed by atoms with van der Waals surface area (Å²) in [7, 11) is -3.36. The number of nitrogens with two attached hydrogens (primary N) is 1. The fourth-order valence-electron chi connectivity index (χ4n) is 3.61. The maximum Gasteiger partial charge on any atom is 0.243 e. The molecule has 0 bridgehead atoms. The van der Waals surface area contributed by atoms with Gasteiger partial charge in [-0.05, 0) is 49.3 Å². The first-order chi connectivity index (χ1) is 10.6. The Balaban J connectivity index is 1.74. The van der Waals surface area contributed by atoms with Gasteiger partial charge in [0, 0.05) is 19.1 Å². The monoisotopic (exact) mass is 322 g/mol. The van der Waals surface area contributed by atoms with Crippen molar-refractivity contribution in [3.8, 4) is 0 Å². The van der Waals surface area contributed by atoms with E-state index in [1.165, 1.54) is 37.7 Å². The lowest BCUT2D eigenvalue weighted by atomic mass is 9.84. The molecule has 1 aromatic carbocycles. The van der Waals surface area contributed by atoms with E-state index in [2.05, 4.69) is 0 Å². The van der Waals surface area contributed by atoms with Crippen LogP contribution in [0.2, 0.25) is 0 Å². The molecule has 0 amide bonds. The van der Waals surface area contributed by atoms with Crippen molar-refractivity contribution >= 4 is 10.0 Å². The molecule has 0 unspecified atom stereocenters. The van der Waals surface area contributed by atoms with Crippen molar-refractivity contribution in [3.05, 3.63) is 29.8 Å². The summed E-state index contributed by atoms with van der Waals surface area (Å²) < 4.78 is 26.9. The largest absolute Gasteiger partial charge is 0.328 e. The van der Waals surface area contributed by atoms with Gasteiger partial charge in [0.25, 0.3) is 0 Å². The first-order valence-corrected chi connectivity index (χ1v) is 9.87. The summed E-state index contributed by atoms with van der Waals surface area (Å²) in [5.41, 5.74) is 7.15. The van der Waals surface area contributed by atoms with Crippen LogP contribution < -0.4 is 5.73 Å². The number of benzene rings is 1. The zero-order valence-electron chi connectivity index (χ0n) is 13.1. The minimum Gasteiger partial charge on any atom is -0.328 e. The Kier molecular flexibility index (Phi) is 4.85. The quantitative estimate of drug-likeness (QED) is 0.930. The normalized spacial score (nSPS) is 22.8. The molecular weight excluding hydrogens is 296 g/mol. The van der Waals surface area contributed by atoms with E-state index in [9.17, 15) is 8.42 Å². The third kappa shape index (κ3) is 3.36. The molecule has 1 saturated heterocycles. The van der Waals surface area contributed by atoms with Crippen LogP contribution in [-0.4, -0.2) is 31.9 Å². The van der Waals surface area contributed by atoms with Gasteiger partial charge in [0.15, 0.2) is 0 Å². The van der Waals surface area contributed by atoms with Crippen LogP contribution in [-0.2, 0) is 10.0 Å². The molecule has 1 saturated carbocycles. The van der Waals surface area contributed by atoms with Crippen LogP contribution in [0, 0.1) is 0 Å². The highest BCUT2D eigenvalue weighted by Crippen LogP contribution is 2.33. The minimum absolute atomic E-state index is 0.139. The first-order valence-electron chi connectivity index (χ1n) is 8.43. The highest BCUT2D eigenvalue weighted by molar-refractivity contribution is 7.89. The molecule has 0 radical (unpaired) electrons. The maximum absolute atomic E-state index is 12.7. The molecule has 1 aliphatic carbocycles. The minimum atomic E-state index is -3.36. The van der Waals surface area contributed by atoms with E-state index < -0.39 is 10.0 Å². The molecular formula is C17H26N2O2S. The molecule has 1 aliphatic heterocycles. The topological polar surface area (TPSA) is 63.4 Å². The van der Waals surface area contributed by atoms with E-state index in [0.29, 0.717) is 23.9 Å². The maximum atomic E-state index is 12.7. The van der Waals surface area contributed by atoms with Crippen molar-refractivity contribution in [1.29, 1.82) is 0 Å². The van der Waals surface area contributed by atoms with Gasteiger partial charge >= 0.3 is 0 Å². The molecule has 0 aromatic heterocycles. The van der Waals surface area contributed by atoms with Crippen molar-refractivity contribution in [3.63, 3.8) is 0 Å². The van der Waals surface area contributed by atoms with Crippen LogP contribution in [0.15, 0.2) is 29.2 Å². The fourth-order valence-corrected chi connectivity index (χ4v) is 5.08. The van der Waals surface area contributed by atoms with Crippen LogP contribution >= 0.6 is 0 Å². The lowest BCUT2D eigenvalue weighted by Gasteiger charge is -2.29. The zero-order valence-corrected chi connectivity index (χ0v) is 13.9. The van der Waals surface area contributed by atoms with Crippen molar-refractivity contribution in [1.82, 2.24) is 4.31 Å². The van der Waals surface area contributed by atoms with E-state index in [0.717, 1.165) is 12.8 Å². The molecule has 1 aromatic rings. The van der Waals surface area contributed by atoms with Gasteiger partial charge in [-0.1, -0.05) is 31.4 Å². The lowest BCUT2D eigenvalue weighted by Crippen LogP contribution is -2.42. The fraction of sp³-hybridized carbons (Fsp3) is 0.647. The van der Waals surface area contributed by atoms with Gasteiger partial charge in [-0.2, -0.15) is 4.31 Å². The summed E-state index contributed by atoms with van der Waals surface area (Å²) in [4.78, 5) is 0.419. The highest BCUT2D eigenvalue weighted by atomic mass is 32.2. The van der Waals surface area contributed by atoms with Gasteiger partial charge in [0.05, 0.1) is 4.90 Å². The van der Waals surface area contributed by atoms with Crippen molar-refractivity contribution in [2.24, 2.45) is 5.73 Å². The Hall–Kier alpha value is -0.910. The number of sulfonamides is 1. The molecule has 22 heavy (non-hydrogen) atoms. The van der Waals surface area contributed by atoms with Gasteiger partial charge in [0.1, 0.15) is 0 Å². The number of rotatable bonds is 3. The lowest BCUT2D eigenvalue weighted by molar-refractivity contribution is 0.320. The van der Waals surface area contributed by atoms with Gasteiger partial charge in [-0.15, -0.1) is 0 Å². The first kappa shape index (κ1) is 16.0. The summed E-state index contributed by atoms with van der Waals surface area (Å²) in [6, 6.07) is 7.73. The Morgan fingerprint density at radius 1 is 0.909 bits per heavy atom. The SMILES string of the molecule is NC1CCN(S(=O)(=O)c2ccc(C3CCCCC3)cc2)CC1. The standard InChI is InChI=1S/C17H26N2O2S/c18-16-10-12-19(13-11-16)22(20,21)17-8-6-15(7-9-17)14-4-2-1-3-5-14/h6-9,14,16H,1-5,10-13,18H2. The zero-order chi connectivity index (χ0) is 15.6. The molecule has 0 spiro atoms. The summed E-state index contributed by atoms with van der Waals surface area (Å²) in [5, 5.41) is 0. The van der Waals surface area contributed by atoms with Crippen molar-refractivity contribution < 1.29 is 8.42 Å². The third-order valence-electron chi connectivity index (χ3n) is 5.09. The summed E-state index contributed by atoms with van der Waals surface area (Å²) in [6.45, 7) is 1.07.